The molecule has 0 saturated carbocycles. The maximum absolute atomic E-state index is 10.4. The fraction of sp³-hybridized carbons (Fsp3) is 0.889. The first-order valence-electron chi connectivity index (χ1n) is 4.46. The van der Waals surface area contributed by atoms with Crippen LogP contribution in [-0.4, -0.2) is 23.8 Å². The Hall–Kier alpha value is -0.570. The topological polar surface area (TPSA) is 46.5 Å². The third-order valence-corrected chi connectivity index (χ3v) is 2.08. The normalized spacial score (nSPS) is 13.3. The molecule has 1 atom stereocenters. The van der Waals surface area contributed by atoms with E-state index in [1.54, 1.807) is 6.92 Å². The van der Waals surface area contributed by atoms with Crippen molar-refractivity contribution in [1.29, 1.82) is 0 Å². The largest absolute Gasteiger partial charge is 0.479 e. The van der Waals surface area contributed by atoms with Crippen LogP contribution >= 0.6 is 0 Å². The lowest BCUT2D eigenvalue weighted by Gasteiger charge is -2.14. The number of carboxylic acid groups (broad SMARTS) is 1. The highest BCUT2D eigenvalue weighted by molar-refractivity contribution is 5.71. The molecule has 0 fully saturated rings. The molecule has 1 N–H and O–H groups in total. The lowest BCUT2D eigenvalue weighted by Crippen LogP contribution is -2.23. The van der Waals surface area contributed by atoms with E-state index in [9.17, 15) is 4.79 Å². The van der Waals surface area contributed by atoms with Crippen LogP contribution in [0.15, 0.2) is 0 Å². The Morgan fingerprint density at radius 3 is 2.25 bits per heavy atom. The van der Waals surface area contributed by atoms with Crippen LogP contribution in [0.1, 0.15) is 33.6 Å². The third-order valence-electron chi connectivity index (χ3n) is 2.08. The van der Waals surface area contributed by atoms with E-state index >= 15 is 0 Å². The Kier molecular flexibility index (Phi) is 5.72. The summed E-state index contributed by atoms with van der Waals surface area (Å²) in [6, 6.07) is 0. The van der Waals surface area contributed by atoms with Gasteiger partial charge in [0, 0.05) is 0 Å². The Morgan fingerprint density at radius 1 is 1.42 bits per heavy atom. The van der Waals surface area contributed by atoms with Crippen LogP contribution in [0, 0.1) is 5.92 Å². The highest BCUT2D eigenvalue weighted by Crippen LogP contribution is 2.08. The average Bonchev–Trinajstić information content (AvgIpc) is 2.05. The predicted molar refractivity (Wildman–Crippen MR) is 47.1 cm³/mol. The van der Waals surface area contributed by atoms with Gasteiger partial charge in [-0.15, -0.1) is 0 Å². The van der Waals surface area contributed by atoms with Crippen LogP contribution in [0.3, 0.4) is 0 Å². The highest BCUT2D eigenvalue weighted by Gasteiger charge is 2.12. The van der Waals surface area contributed by atoms with E-state index < -0.39 is 12.1 Å². The second-order valence-corrected chi connectivity index (χ2v) is 3.00. The van der Waals surface area contributed by atoms with Gasteiger partial charge in [-0.2, -0.15) is 0 Å². The van der Waals surface area contributed by atoms with Gasteiger partial charge >= 0.3 is 5.97 Å². The number of carboxylic acids is 1. The van der Waals surface area contributed by atoms with Crippen molar-refractivity contribution in [2.75, 3.05) is 6.61 Å². The minimum atomic E-state index is -0.888. The molecular weight excluding hydrogens is 156 g/mol. The molecule has 0 aromatic heterocycles. The van der Waals surface area contributed by atoms with Crippen LogP contribution in [0.5, 0.6) is 0 Å². The van der Waals surface area contributed by atoms with Gasteiger partial charge in [0.1, 0.15) is 0 Å². The van der Waals surface area contributed by atoms with E-state index in [0.717, 1.165) is 12.8 Å². The molecule has 0 heterocycles. The Morgan fingerprint density at radius 2 is 1.92 bits per heavy atom. The molecule has 72 valence electrons. The van der Waals surface area contributed by atoms with Crippen LogP contribution in [0.2, 0.25) is 0 Å². The molecule has 0 bridgehead atoms. The van der Waals surface area contributed by atoms with Gasteiger partial charge in [0.15, 0.2) is 6.10 Å². The average molecular weight is 174 g/mol. The van der Waals surface area contributed by atoms with E-state index in [2.05, 4.69) is 13.8 Å². The van der Waals surface area contributed by atoms with Gasteiger partial charge in [0.2, 0.25) is 0 Å². The molecule has 0 aromatic rings. The van der Waals surface area contributed by atoms with Gasteiger partial charge in [-0.3, -0.25) is 0 Å². The monoisotopic (exact) mass is 174 g/mol. The Labute approximate surface area is 73.7 Å². The second-order valence-electron chi connectivity index (χ2n) is 3.00. The number of hydrogen-bond donors (Lipinski definition) is 1. The van der Waals surface area contributed by atoms with Gasteiger partial charge in [-0.1, -0.05) is 26.7 Å². The molecule has 0 spiro atoms. The molecule has 0 saturated heterocycles. The molecule has 0 aliphatic carbocycles. The van der Waals surface area contributed by atoms with Crippen molar-refractivity contribution in [3.05, 3.63) is 0 Å². The van der Waals surface area contributed by atoms with Gasteiger partial charge < -0.3 is 9.84 Å². The molecule has 0 aromatic carbocycles. The summed E-state index contributed by atoms with van der Waals surface area (Å²) >= 11 is 0. The first kappa shape index (κ1) is 11.4. The van der Waals surface area contributed by atoms with Crippen molar-refractivity contribution in [3.8, 4) is 0 Å². The minimum absolute atomic E-state index is 0.492. The number of aliphatic carboxylic acids is 1. The van der Waals surface area contributed by atoms with Crippen molar-refractivity contribution in [2.45, 2.75) is 39.7 Å². The summed E-state index contributed by atoms with van der Waals surface area (Å²) in [5.74, 6) is -0.396. The summed E-state index contributed by atoms with van der Waals surface area (Å²) in [5.41, 5.74) is 0. The SMILES string of the molecule is CCC(CC)COC(C)C(=O)O. The highest BCUT2D eigenvalue weighted by atomic mass is 16.5. The summed E-state index contributed by atoms with van der Waals surface area (Å²) in [4.78, 5) is 10.4. The maximum Gasteiger partial charge on any atom is 0.332 e. The maximum atomic E-state index is 10.4. The van der Waals surface area contributed by atoms with Crippen LogP contribution < -0.4 is 0 Å². The lowest BCUT2D eigenvalue weighted by molar-refractivity contribution is -0.149. The van der Waals surface area contributed by atoms with Crippen molar-refractivity contribution in [1.82, 2.24) is 0 Å². The van der Waals surface area contributed by atoms with E-state index in [4.69, 9.17) is 9.84 Å². The molecule has 12 heavy (non-hydrogen) atoms. The van der Waals surface area contributed by atoms with Crippen molar-refractivity contribution in [3.63, 3.8) is 0 Å². The molecule has 3 nitrogen and oxygen atoms in total. The zero-order chi connectivity index (χ0) is 9.56. The summed E-state index contributed by atoms with van der Waals surface area (Å²) < 4.78 is 5.15. The van der Waals surface area contributed by atoms with Crippen molar-refractivity contribution < 1.29 is 14.6 Å². The fourth-order valence-corrected chi connectivity index (χ4v) is 0.876. The first-order valence-corrected chi connectivity index (χ1v) is 4.46. The lowest BCUT2D eigenvalue weighted by atomic mass is 10.1. The van der Waals surface area contributed by atoms with Gasteiger partial charge in [0.25, 0.3) is 0 Å². The van der Waals surface area contributed by atoms with Crippen LogP contribution in [0.4, 0.5) is 0 Å². The van der Waals surface area contributed by atoms with Crippen molar-refractivity contribution >= 4 is 5.97 Å². The smallest absolute Gasteiger partial charge is 0.332 e. The van der Waals surface area contributed by atoms with Crippen LogP contribution in [-0.2, 0) is 9.53 Å². The molecule has 3 heteroatoms. The van der Waals surface area contributed by atoms with E-state index in [0.29, 0.717) is 12.5 Å². The Balaban J connectivity index is 3.58. The summed E-state index contributed by atoms with van der Waals surface area (Å²) in [6.45, 7) is 6.29. The minimum Gasteiger partial charge on any atom is -0.479 e. The first-order chi connectivity index (χ1) is 5.61. The fourth-order valence-electron chi connectivity index (χ4n) is 0.876. The summed E-state index contributed by atoms with van der Waals surface area (Å²) in [5, 5.41) is 8.52. The zero-order valence-corrected chi connectivity index (χ0v) is 8.04. The third kappa shape index (κ3) is 4.34. The predicted octanol–water partition coefficient (Wildman–Crippen LogP) is 1.91. The van der Waals surface area contributed by atoms with E-state index in [1.165, 1.54) is 0 Å². The van der Waals surface area contributed by atoms with E-state index in [-0.39, 0.29) is 0 Å². The summed E-state index contributed by atoms with van der Waals surface area (Å²) in [6.07, 6.45) is 1.41. The van der Waals surface area contributed by atoms with E-state index in [1.807, 2.05) is 0 Å². The number of hydrogen-bond acceptors (Lipinski definition) is 2. The van der Waals surface area contributed by atoms with Crippen LogP contribution in [0.25, 0.3) is 0 Å². The number of carbonyl (C=O) groups is 1. The van der Waals surface area contributed by atoms with Gasteiger partial charge in [0.05, 0.1) is 6.61 Å². The number of rotatable bonds is 6. The quantitative estimate of drug-likeness (QED) is 0.669. The molecule has 0 aliphatic heterocycles. The molecular formula is C9H18O3. The number of ether oxygens (including phenoxy) is 1. The van der Waals surface area contributed by atoms with Crippen molar-refractivity contribution in [2.24, 2.45) is 5.92 Å². The molecule has 0 rings (SSSR count). The molecule has 1 unspecified atom stereocenters. The molecule has 0 aliphatic rings. The zero-order valence-electron chi connectivity index (χ0n) is 8.04. The standard InChI is InChI=1S/C9H18O3/c1-4-8(5-2)6-12-7(3)9(10)11/h7-8H,4-6H2,1-3H3,(H,10,11). The molecule has 0 radical (unpaired) electrons. The molecule has 0 amide bonds. The second kappa shape index (κ2) is 6.00. The summed E-state index contributed by atoms with van der Waals surface area (Å²) in [7, 11) is 0. The van der Waals surface area contributed by atoms with Gasteiger partial charge in [-0.05, 0) is 12.8 Å². The van der Waals surface area contributed by atoms with Gasteiger partial charge in [-0.25, -0.2) is 4.79 Å². The Bertz CT molecular complexity index is 130.